The molecule has 18 heavy (non-hydrogen) atoms. The van der Waals surface area contributed by atoms with Crippen molar-refractivity contribution in [2.45, 2.75) is 38.1 Å². The lowest BCUT2D eigenvalue weighted by Crippen LogP contribution is -2.38. The van der Waals surface area contributed by atoms with Gasteiger partial charge in [-0.25, -0.2) is 0 Å². The second kappa shape index (κ2) is 6.14. The lowest BCUT2D eigenvalue weighted by molar-refractivity contribution is 0.414. The molecule has 0 aromatic heterocycles. The number of nitrogens with one attached hydrogen (secondary N) is 1. The van der Waals surface area contributed by atoms with E-state index in [1.807, 2.05) is 23.9 Å². The first-order valence-corrected chi connectivity index (χ1v) is 7.16. The summed E-state index contributed by atoms with van der Waals surface area (Å²) in [6.45, 7) is 5.18. The molecule has 1 heterocycles. The van der Waals surface area contributed by atoms with Crippen LogP contribution >= 0.6 is 11.8 Å². The van der Waals surface area contributed by atoms with Gasteiger partial charge in [0.25, 0.3) is 0 Å². The van der Waals surface area contributed by atoms with Crippen molar-refractivity contribution in [1.82, 2.24) is 5.32 Å². The number of ether oxygens (including phenoxy) is 1. The van der Waals surface area contributed by atoms with E-state index in [4.69, 9.17) is 4.74 Å². The highest BCUT2D eigenvalue weighted by molar-refractivity contribution is 8.14. The van der Waals surface area contributed by atoms with Crippen LogP contribution < -0.4 is 10.1 Å². The van der Waals surface area contributed by atoms with Gasteiger partial charge in [0.15, 0.2) is 5.17 Å². The predicted octanol–water partition coefficient (Wildman–Crippen LogP) is 3.05. The molecule has 2 atom stereocenters. The summed E-state index contributed by atoms with van der Waals surface area (Å²) in [5.74, 6) is 0.888. The van der Waals surface area contributed by atoms with Gasteiger partial charge in [0.2, 0.25) is 0 Å². The van der Waals surface area contributed by atoms with E-state index in [0.717, 1.165) is 17.5 Å². The Morgan fingerprint density at radius 1 is 1.33 bits per heavy atom. The van der Waals surface area contributed by atoms with Crippen molar-refractivity contribution in [3.63, 3.8) is 0 Å². The first kappa shape index (κ1) is 13.3. The van der Waals surface area contributed by atoms with Crippen LogP contribution in [0.15, 0.2) is 29.3 Å². The Morgan fingerprint density at radius 2 is 2.06 bits per heavy atom. The van der Waals surface area contributed by atoms with Crippen molar-refractivity contribution >= 4 is 16.9 Å². The molecule has 0 amide bonds. The predicted molar refractivity (Wildman–Crippen MR) is 78.4 cm³/mol. The van der Waals surface area contributed by atoms with Crippen molar-refractivity contribution in [3.8, 4) is 5.75 Å². The molecule has 0 bridgehead atoms. The van der Waals surface area contributed by atoms with Gasteiger partial charge in [-0.15, -0.1) is 0 Å². The molecule has 4 heteroatoms. The fourth-order valence-corrected chi connectivity index (χ4v) is 3.19. The minimum atomic E-state index is 0.524. The van der Waals surface area contributed by atoms with Gasteiger partial charge >= 0.3 is 0 Å². The molecule has 1 N–H and O–H groups in total. The molecule has 1 aromatic carbocycles. The van der Waals surface area contributed by atoms with E-state index in [2.05, 4.69) is 36.3 Å². The number of methoxy groups -OCH3 is 1. The van der Waals surface area contributed by atoms with Crippen LogP contribution in [0.5, 0.6) is 5.75 Å². The Labute approximate surface area is 113 Å². The summed E-state index contributed by atoms with van der Waals surface area (Å²) in [6.07, 6.45) is 1.20. The quantitative estimate of drug-likeness (QED) is 0.911. The van der Waals surface area contributed by atoms with E-state index >= 15 is 0 Å². The third-order valence-electron chi connectivity index (χ3n) is 2.93. The summed E-state index contributed by atoms with van der Waals surface area (Å²) < 4.78 is 5.14. The van der Waals surface area contributed by atoms with Crippen LogP contribution in [0, 0.1) is 0 Å². The van der Waals surface area contributed by atoms with Crippen LogP contribution in [-0.4, -0.2) is 23.6 Å². The zero-order valence-corrected chi connectivity index (χ0v) is 12.0. The van der Waals surface area contributed by atoms with Crippen molar-refractivity contribution in [1.29, 1.82) is 0 Å². The largest absolute Gasteiger partial charge is 0.497 e. The third-order valence-corrected chi connectivity index (χ3v) is 4.00. The molecule has 98 valence electrons. The molecule has 0 radical (unpaired) electrons. The molecular formula is C14H20N2OS. The number of rotatable bonds is 3. The van der Waals surface area contributed by atoms with Crippen LogP contribution in [0.3, 0.4) is 0 Å². The topological polar surface area (TPSA) is 33.6 Å². The van der Waals surface area contributed by atoms with Crippen LogP contribution in [0.2, 0.25) is 0 Å². The maximum atomic E-state index is 5.14. The number of aliphatic imine (C=N–C) groups is 1. The maximum Gasteiger partial charge on any atom is 0.157 e. The molecule has 2 rings (SSSR count). The van der Waals surface area contributed by atoms with Crippen LogP contribution in [0.25, 0.3) is 0 Å². The van der Waals surface area contributed by atoms with E-state index in [9.17, 15) is 0 Å². The number of thioether (sulfide) groups is 1. The Kier molecular flexibility index (Phi) is 4.53. The minimum absolute atomic E-state index is 0.524. The van der Waals surface area contributed by atoms with Crippen molar-refractivity contribution < 1.29 is 4.74 Å². The van der Waals surface area contributed by atoms with Crippen molar-refractivity contribution in [2.75, 3.05) is 7.11 Å². The van der Waals surface area contributed by atoms with E-state index in [0.29, 0.717) is 11.3 Å². The second-order valence-corrected chi connectivity index (χ2v) is 6.11. The Hall–Kier alpha value is -1.16. The van der Waals surface area contributed by atoms with Crippen LogP contribution in [0.4, 0.5) is 0 Å². The monoisotopic (exact) mass is 264 g/mol. The highest BCUT2D eigenvalue weighted by Crippen LogP contribution is 2.22. The van der Waals surface area contributed by atoms with Gasteiger partial charge in [0, 0.05) is 11.3 Å². The summed E-state index contributed by atoms with van der Waals surface area (Å²) in [5.41, 5.74) is 1.21. The van der Waals surface area contributed by atoms with Crippen LogP contribution in [0.1, 0.15) is 25.8 Å². The zero-order chi connectivity index (χ0) is 13.0. The second-order valence-electron chi connectivity index (χ2n) is 4.68. The average Bonchev–Trinajstić information content (AvgIpc) is 2.36. The Morgan fingerprint density at radius 3 is 2.67 bits per heavy atom. The van der Waals surface area contributed by atoms with Gasteiger partial charge in [-0.3, -0.25) is 4.99 Å². The van der Waals surface area contributed by atoms with Crippen LogP contribution in [-0.2, 0) is 6.54 Å². The molecule has 0 aliphatic carbocycles. The SMILES string of the molecule is COc1ccc(CN=C2NC(C)CC(C)S2)cc1. The van der Waals surface area contributed by atoms with Gasteiger partial charge in [-0.1, -0.05) is 30.8 Å². The van der Waals surface area contributed by atoms with E-state index in [1.165, 1.54) is 12.0 Å². The van der Waals surface area contributed by atoms with Gasteiger partial charge in [-0.2, -0.15) is 0 Å². The molecule has 1 aliphatic rings. The van der Waals surface area contributed by atoms with E-state index in [1.54, 1.807) is 7.11 Å². The summed E-state index contributed by atoms with van der Waals surface area (Å²) in [7, 11) is 1.68. The summed E-state index contributed by atoms with van der Waals surface area (Å²) in [4.78, 5) is 4.64. The number of hydrogen-bond donors (Lipinski definition) is 1. The molecule has 1 aliphatic heterocycles. The molecule has 1 fully saturated rings. The molecule has 3 nitrogen and oxygen atoms in total. The lowest BCUT2D eigenvalue weighted by atomic mass is 10.2. The average molecular weight is 264 g/mol. The molecule has 1 saturated heterocycles. The van der Waals surface area contributed by atoms with Crippen molar-refractivity contribution in [3.05, 3.63) is 29.8 Å². The first-order valence-electron chi connectivity index (χ1n) is 6.28. The smallest absolute Gasteiger partial charge is 0.157 e. The number of hydrogen-bond acceptors (Lipinski definition) is 3. The molecule has 1 aromatic rings. The maximum absolute atomic E-state index is 5.14. The standard InChI is InChI=1S/C14H20N2OS/c1-10-8-11(2)18-14(16-10)15-9-12-4-6-13(17-3)7-5-12/h4-7,10-11H,8-9H2,1-3H3,(H,15,16). The number of amidine groups is 1. The lowest BCUT2D eigenvalue weighted by Gasteiger charge is -2.26. The number of benzene rings is 1. The Bertz CT molecular complexity index is 404. The minimum Gasteiger partial charge on any atom is -0.497 e. The normalized spacial score (nSPS) is 25.8. The molecular weight excluding hydrogens is 244 g/mol. The van der Waals surface area contributed by atoms with Gasteiger partial charge in [0.1, 0.15) is 5.75 Å². The first-order chi connectivity index (χ1) is 8.67. The molecule has 2 unspecified atom stereocenters. The summed E-state index contributed by atoms with van der Waals surface area (Å²) in [5, 5.41) is 5.14. The molecule has 0 spiro atoms. The van der Waals surface area contributed by atoms with E-state index < -0.39 is 0 Å². The highest BCUT2D eigenvalue weighted by atomic mass is 32.2. The summed E-state index contributed by atoms with van der Waals surface area (Å²) >= 11 is 1.83. The fraction of sp³-hybridized carbons (Fsp3) is 0.500. The number of nitrogens with zero attached hydrogens (tertiary/aromatic N) is 1. The summed E-state index contributed by atoms with van der Waals surface area (Å²) in [6, 6.07) is 8.59. The van der Waals surface area contributed by atoms with Gasteiger partial charge in [-0.05, 0) is 31.0 Å². The third kappa shape index (κ3) is 3.67. The van der Waals surface area contributed by atoms with Gasteiger partial charge < -0.3 is 10.1 Å². The Balaban J connectivity index is 1.96. The fourth-order valence-electron chi connectivity index (χ4n) is 2.02. The molecule has 0 saturated carbocycles. The van der Waals surface area contributed by atoms with Gasteiger partial charge in [0.05, 0.1) is 13.7 Å². The highest BCUT2D eigenvalue weighted by Gasteiger charge is 2.19. The zero-order valence-electron chi connectivity index (χ0n) is 11.1. The van der Waals surface area contributed by atoms with Crippen molar-refractivity contribution in [2.24, 2.45) is 4.99 Å². The van der Waals surface area contributed by atoms with E-state index in [-0.39, 0.29) is 0 Å².